The summed E-state index contributed by atoms with van der Waals surface area (Å²) in [7, 11) is 0. The fourth-order valence-corrected chi connectivity index (χ4v) is 3.51. The number of carbonyl (C=O) groups is 1. The van der Waals surface area contributed by atoms with Crippen LogP contribution in [0.4, 0.5) is 0 Å². The van der Waals surface area contributed by atoms with E-state index in [0.717, 1.165) is 18.4 Å². The number of carbonyl (C=O) groups excluding carboxylic acids is 1. The van der Waals surface area contributed by atoms with Gasteiger partial charge in [-0.1, -0.05) is 6.07 Å². The fraction of sp³-hybridized carbons (Fsp3) is 0.375. The summed E-state index contributed by atoms with van der Waals surface area (Å²) in [6.45, 7) is 2.80. The molecule has 0 spiro atoms. The van der Waals surface area contributed by atoms with Gasteiger partial charge in [0.05, 0.1) is 0 Å². The third-order valence-corrected chi connectivity index (χ3v) is 4.82. The van der Waals surface area contributed by atoms with Crippen LogP contribution in [0.25, 0.3) is 0 Å². The SMILES string of the molecule is Cc1ccc([C@@H]2C[C@@H]2C(=O)NCCc2cccnc2)s1. The molecule has 0 aliphatic heterocycles. The van der Waals surface area contributed by atoms with Crippen molar-refractivity contribution in [1.29, 1.82) is 0 Å². The Balaban J connectivity index is 1.45. The Bertz CT molecular complexity index is 594. The zero-order valence-corrected chi connectivity index (χ0v) is 12.3. The number of aromatic nitrogens is 1. The number of nitrogens with zero attached hydrogens (tertiary/aromatic N) is 1. The summed E-state index contributed by atoms with van der Waals surface area (Å²) in [5.74, 6) is 0.832. The maximum atomic E-state index is 12.1. The molecule has 2 aromatic heterocycles. The van der Waals surface area contributed by atoms with Crippen molar-refractivity contribution in [3.05, 3.63) is 52.0 Å². The first-order valence-corrected chi connectivity index (χ1v) is 7.78. The molecule has 4 heteroatoms. The molecule has 2 aromatic rings. The second-order valence-electron chi connectivity index (χ2n) is 5.30. The van der Waals surface area contributed by atoms with Crippen molar-refractivity contribution in [3.8, 4) is 0 Å². The summed E-state index contributed by atoms with van der Waals surface area (Å²) < 4.78 is 0. The molecule has 3 rings (SSSR count). The monoisotopic (exact) mass is 286 g/mol. The van der Waals surface area contributed by atoms with Crippen LogP contribution in [0.1, 0.15) is 27.7 Å². The molecule has 20 heavy (non-hydrogen) atoms. The predicted molar refractivity (Wildman–Crippen MR) is 80.9 cm³/mol. The smallest absolute Gasteiger partial charge is 0.223 e. The van der Waals surface area contributed by atoms with Crippen molar-refractivity contribution in [3.63, 3.8) is 0 Å². The molecule has 1 N–H and O–H groups in total. The Morgan fingerprint density at radius 3 is 3.05 bits per heavy atom. The maximum Gasteiger partial charge on any atom is 0.223 e. The average Bonchev–Trinajstić information content (AvgIpc) is 3.15. The Kier molecular flexibility index (Phi) is 3.83. The molecule has 1 fully saturated rings. The Morgan fingerprint density at radius 2 is 2.35 bits per heavy atom. The van der Waals surface area contributed by atoms with Crippen LogP contribution >= 0.6 is 11.3 Å². The first-order chi connectivity index (χ1) is 9.74. The van der Waals surface area contributed by atoms with Crippen LogP contribution in [-0.4, -0.2) is 17.4 Å². The molecule has 0 saturated heterocycles. The van der Waals surface area contributed by atoms with Crippen molar-refractivity contribution in [1.82, 2.24) is 10.3 Å². The van der Waals surface area contributed by atoms with Crippen LogP contribution in [0, 0.1) is 12.8 Å². The van der Waals surface area contributed by atoms with E-state index in [-0.39, 0.29) is 11.8 Å². The van der Waals surface area contributed by atoms with Gasteiger partial charge < -0.3 is 5.32 Å². The average molecular weight is 286 g/mol. The number of pyridine rings is 1. The molecule has 2 atom stereocenters. The summed E-state index contributed by atoms with van der Waals surface area (Å²) in [6.07, 6.45) is 5.45. The fourth-order valence-electron chi connectivity index (χ4n) is 2.46. The highest BCUT2D eigenvalue weighted by atomic mass is 32.1. The van der Waals surface area contributed by atoms with Crippen molar-refractivity contribution < 1.29 is 4.79 Å². The largest absolute Gasteiger partial charge is 0.356 e. The van der Waals surface area contributed by atoms with Crippen molar-refractivity contribution in [2.24, 2.45) is 5.92 Å². The minimum atomic E-state index is 0.182. The molecule has 2 heterocycles. The summed E-state index contributed by atoms with van der Waals surface area (Å²) in [4.78, 5) is 18.8. The van der Waals surface area contributed by atoms with Crippen LogP contribution in [0.2, 0.25) is 0 Å². The summed E-state index contributed by atoms with van der Waals surface area (Å²) in [5.41, 5.74) is 1.16. The minimum Gasteiger partial charge on any atom is -0.356 e. The first-order valence-electron chi connectivity index (χ1n) is 6.97. The number of thiophene rings is 1. The third kappa shape index (κ3) is 3.07. The zero-order valence-electron chi connectivity index (χ0n) is 11.5. The van der Waals surface area contributed by atoms with Gasteiger partial charge in [0.15, 0.2) is 0 Å². The van der Waals surface area contributed by atoms with Gasteiger partial charge in [0.2, 0.25) is 5.91 Å². The van der Waals surface area contributed by atoms with E-state index < -0.39 is 0 Å². The predicted octanol–water partition coefficient (Wildman–Crippen LogP) is 2.91. The highest BCUT2D eigenvalue weighted by Crippen LogP contribution is 2.49. The van der Waals surface area contributed by atoms with E-state index in [4.69, 9.17) is 0 Å². The number of nitrogens with one attached hydrogen (secondary N) is 1. The standard InChI is InChI=1S/C16H18N2OS/c1-11-4-5-15(20-11)13-9-14(13)16(19)18-8-6-12-3-2-7-17-10-12/h2-5,7,10,13-14H,6,8-9H2,1H3,(H,18,19)/t13-,14+/m1/s1. The van der Waals surface area contributed by atoms with Gasteiger partial charge in [-0.2, -0.15) is 0 Å². The van der Waals surface area contributed by atoms with Gasteiger partial charge in [-0.3, -0.25) is 9.78 Å². The highest BCUT2D eigenvalue weighted by Gasteiger charge is 2.44. The van der Waals surface area contributed by atoms with E-state index in [0.29, 0.717) is 12.5 Å². The summed E-state index contributed by atoms with van der Waals surface area (Å²) in [5, 5.41) is 3.04. The molecule has 1 aliphatic carbocycles. The van der Waals surface area contributed by atoms with Gasteiger partial charge in [0, 0.05) is 40.5 Å². The Morgan fingerprint density at radius 1 is 1.45 bits per heavy atom. The second kappa shape index (κ2) is 5.75. The highest BCUT2D eigenvalue weighted by molar-refractivity contribution is 7.12. The minimum absolute atomic E-state index is 0.182. The Hall–Kier alpha value is -1.68. The molecular weight excluding hydrogens is 268 g/mol. The van der Waals surface area contributed by atoms with Crippen molar-refractivity contribution in [2.45, 2.75) is 25.7 Å². The van der Waals surface area contributed by atoms with Crippen LogP contribution < -0.4 is 5.32 Å². The molecule has 1 saturated carbocycles. The maximum absolute atomic E-state index is 12.1. The number of amides is 1. The molecule has 0 aromatic carbocycles. The normalized spacial score (nSPS) is 20.6. The molecule has 0 radical (unpaired) electrons. The van der Waals surface area contributed by atoms with Gasteiger partial charge >= 0.3 is 0 Å². The van der Waals surface area contributed by atoms with E-state index >= 15 is 0 Å². The third-order valence-electron chi connectivity index (χ3n) is 3.69. The second-order valence-corrected chi connectivity index (χ2v) is 6.62. The van der Waals surface area contributed by atoms with Gasteiger partial charge in [0.1, 0.15) is 0 Å². The molecule has 3 nitrogen and oxygen atoms in total. The van der Waals surface area contributed by atoms with Crippen LogP contribution in [0.15, 0.2) is 36.7 Å². The van der Waals surface area contributed by atoms with Gasteiger partial charge in [-0.25, -0.2) is 0 Å². The lowest BCUT2D eigenvalue weighted by Crippen LogP contribution is -2.27. The number of hydrogen-bond donors (Lipinski definition) is 1. The lowest BCUT2D eigenvalue weighted by Gasteiger charge is -2.04. The van der Waals surface area contributed by atoms with Crippen LogP contribution in [0.3, 0.4) is 0 Å². The quantitative estimate of drug-likeness (QED) is 0.918. The van der Waals surface area contributed by atoms with E-state index in [2.05, 4.69) is 29.4 Å². The van der Waals surface area contributed by atoms with E-state index in [1.165, 1.54) is 9.75 Å². The van der Waals surface area contributed by atoms with Gasteiger partial charge in [-0.15, -0.1) is 11.3 Å². The van der Waals surface area contributed by atoms with Crippen molar-refractivity contribution in [2.75, 3.05) is 6.54 Å². The van der Waals surface area contributed by atoms with E-state index in [1.54, 1.807) is 6.20 Å². The first kappa shape index (κ1) is 13.3. The number of hydrogen-bond acceptors (Lipinski definition) is 3. The van der Waals surface area contributed by atoms with Gasteiger partial charge in [-0.05, 0) is 43.5 Å². The lowest BCUT2D eigenvalue weighted by atomic mass is 10.2. The molecular formula is C16H18N2OS. The number of aryl methyl sites for hydroxylation is 1. The molecule has 1 amide bonds. The van der Waals surface area contributed by atoms with E-state index in [9.17, 15) is 4.79 Å². The Labute approximate surface area is 123 Å². The zero-order chi connectivity index (χ0) is 13.9. The van der Waals surface area contributed by atoms with Gasteiger partial charge in [0.25, 0.3) is 0 Å². The summed E-state index contributed by atoms with van der Waals surface area (Å²) in [6, 6.07) is 8.25. The topological polar surface area (TPSA) is 42.0 Å². The van der Waals surface area contributed by atoms with Crippen molar-refractivity contribution >= 4 is 17.2 Å². The number of rotatable bonds is 5. The molecule has 0 unspecified atom stereocenters. The van der Waals surface area contributed by atoms with Crippen LogP contribution in [0.5, 0.6) is 0 Å². The van der Waals surface area contributed by atoms with E-state index in [1.807, 2.05) is 29.7 Å². The lowest BCUT2D eigenvalue weighted by molar-refractivity contribution is -0.122. The van der Waals surface area contributed by atoms with Crippen LogP contribution in [-0.2, 0) is 11.2 Å². The summed E-state index contributed by atoms with van der Waals surface area (Å²) >= 11 is 1.81. The molecule has 104 valence electrons. The molecule has 0 bridgehead atoms. The molecule has 1 aliphatic rings.